The summed E-state index contributed by atoms with van der Waals surface area (Å²) in [7, 11) is 0. The van der Waals surface area contributed by atoms with E-state index in [1.54, 1.807) is 11.0 Å². The highest BCUT2D eigenvalue weighted by Crippen LogP contribution is 2.31. The average molecular weight is 388 g/mol. The van der Waals surface area contributed by atoms with Crippen molar-refractivity contribution in [1.29, 1.82) is 0 Å². The number of hydrogen-bond donors (Lipinski definition) is 1. The number of hydrogen-bond acceptors (Lipinski definition) is 4. The molecule has 0 aliphatic carbocycles. The van der Waals surface area contributed by atoms with Gasteiger partial charge in [0.1, 0.15) is 0 Å². The molecule has 3 rings (SSSR count). The number of carbonyl (C=O) groups excluding carboxylic acids is 2. The van der Waals surface area contributed by atoms with E-state index in [0.717, 1.165) is 23.7 Å². The Morgan fingerprint density at radius 3 is 2.70 bits per heavy atom. The first-order valence-corrected chi connectivity index (χ1v) is 8.97. The molecule has 0 aromatic heterocycles. The molecule has 0 fully saturated rings. The maximum Gasteiger partial charge on any atom is 0.270 e. The third-order valence-electron chi connectivity index (χ3n) is 4.39. The maximum absolute atomic E-state index is 12.5. The second-order valence-corrected chi connectivity index (χ2v) is 6.67. The topological polar surface area (TPSA) is 92.6 Å². The molecule has 1 heterocycles. The molecule has 2 aromatic carbocycles. The molecule has 1 aliphatic rings. The highest BCUT2D eigenvalue weighted by atomic mass is 35.5. The predicted octanol–water partition coefficient (Wildman–Crippen LogP) is 4.19. The van der Waals surface area contributed by atoms with Crippen LogP contribution in [0.25, 0.3) is 0 Å². The van der Waals surface area contributed by atoms with Gasteiger partial charge in [-0.2, -0.15) is 0 Å². The van der Waals surface area contributed by atoms with E-state index in [0.29, 0.717) is 25.1 Å². The smallest absolute Gasteiger partial charge is 0.270 e. The van der Waals surface area contributed by atoms with E-state index in [-0.39, 0.29) is 22.2 Å². The highest BCUT2D eigenvalue weighted by Gasteiger charge is 2.24. The standard InChI is InChI=1S/C19H18ClN3O4/c1-2-9-22-17-7-4-13(10-12(17)3-8-18(22)24)21-19(25)15-6-5-14(23(26)27)11-16(15)20/h4-7,10-11H,2-3,8-9H2,1H3,(H,21,25). The molecule has 0 unspecified atom stereocenters. The number of aryl methyl sites for hydroxylation is 1. The minimum absolute atomic E-state index is 0.0133. The zero-order chi connectivity index (χ0) is 19.6. The number of rotatable bonds is 5. The summed E-state index contributed by atoms with van der Waals surface area (Å²) in [5.74, 6) is -0.342. The summed E-state index contributed by atoms with van der Waals surface area (Å²) in [5.41, 5.74) is 2.43. The van der Waals surface area contributed by atoms with Crippen LogP contribution >= 0.6 is 11.6 Å². The van der Waals surface area contributed by atoms with Gasteiger partial charge in [-0.1, -0.05) is 18.5 Å². The van der Waals surface area contributed by atoms with E-state index >= 15 is 0 Å². The number of amides is 2. The second-order valence-electron chi connectivity index (χ2n) is 6.26. The fourth-order valence-electron chi connectivity index (χ4n) is 3.11. The van der Waals surface area contributed by atoms with Crippen molar-refractivity contribution in [3.63, 3.8) is 0 Å². The molecule has 0 bridgehead atoms. The van der Waals surface area contributed by atoms with Gasteiger partial charge in [0.25, 0.3) is 11.6 Å². The van der Waals surface area contributed by atoms with E-state index in [9.17, 15) is 19.7 Å². The van der Waals surface area contributed by atoms with E-state index in [2.05, 4.69) is 5.32 Å². The van der Waals surface area contributed by atoms with Crippen LogP contribution in [-0.2, 0) is 11.2 Å². The minimum Gasteiger partial charge on any atom is -0.322 e. The molecule has 2 amide bonds. The van der Waals surface area contributed by atoms with E-state index < -0.39 is 10.8 Å². The van der Waals surface area contributed by atoms with Crippen LogP contribution in [0.4, 0.5) is 17.1 Å². The number of nitro groups is 1. The van der Waals surface area contributed by atoms with E-state index in [1.807, 2.05) is 19.1 Å². The summed E-state index contributed by atoms with van der Waals surface area (Å²) >= 11 is 6.01. The first-order chi connectivity index (χ1) is 12.9. The SMILES string of the molecule is CCCN1C(=O)CCc2cc(NC(=O)c3ccc([N+](=O)[O-])cc3Cl)ccc21. The highest BCUT2D eigenvalue weighted by molar-refractivity contribution is 6.34. The fourth-order valence-corrected chi connectivity index (χ4v) is 3.37. The van der Waals surface area contributed by atoms with Gasteiger partial charge >= 0.3 is 0 Å². The molecule has 7 nitrogen and oxygen atoms in total. The molecule has 0 spiro atoms. The summed E-state index contributed by atoms with van der Waals surface area (Å²) in [6, 6.07) is 9.13. The molecule has 27 heavy (non-hydrogen) atoms. The summed E-state index contributed by atoms with van der Waals surface area (Å²) in [4.78, 5) is 36.6. The van der Waals surface area contributed by atoms with Gasteiger partial charge in [0.05, 0.1) is 15.5 Å². The van der Waals surface area contributed by atoms with Crippen molar-refractivity contribution in [3.8, 4) is 0 Å². The first-order valence-electron chi connectivity index (χ1n) is 8.59. The predicted molar refractivity (Wildman–Crippen MR) is 103 cm³/mol. The lowest BCUT2D eigenvalue weighted by molar-refractivity contribution is -0.384. The van der Waals surface area contributed by atoms with Gasteiger partial charge in [-0.25, -0.2) is 0 Å². The van der Waals surface area contributed by atoms with Gasteiger partial charge in [-0.15, -0.1) is 0 Å². The van der Waals surface area contributed by atoms with Crippen LogP contribution in [0.3, 0.4) is 0 Å². The van der Waals surface area contributed by atoms with Crippen molar-refractivity contribution in [2.24, 2.45) is 0 Å². The van der Waals surface area contributed by atoms with Crippen LogP contribution in [0.5, 0.6) is 0 Å². The molecule has 140 valence electrons. The van der Waals surface area contributed by atoms with Crippen molar-refractivity contribution < 1.29 is 14.5 Å². The van der Waals surface area contributed by atoms with Crippen LogP contribution in [0.2, 0.25) is 5.02 Å². The van der Waals surface area contributed by atoms with Crippen molar-refractivity contribution in [2.45, 2.75) is 26.2 Å². The number of halogens is 1. The number of nitrogens with one attached hydrogen (secondary N) is 1. The van der Waals surface area contributed by atoms with E-state index in [1.165, 1.54) is 12.1 Å². The van der Waals surface area contributed by atoms with Crippen molar-refractivity contribution >= 4 is 40.5 Å². The van der Waals surface area contributed by atoms with Gasteiger partial charge in [-0.05, 0) is 42.7 Å². The molecule has 2 aromatic rings. The van der Waals surface area contributed by atoms with Crippen molar-refractivity contribution in [3.05, 3.63) is 62.7 Å². The molecular formula is C19H18ClN3O4. The number of benzene rings is 2. The lowest BCUT2D eigenvalue weighted by Crippen LogP contribution is -2.35. The van der Waals surface area contributed by atoms with Gasteiger partial charge in [0.15, 0.2) is 0 Å². The summed E-state index contributed by atoms with van der Waals surface area (Å²) in [6.45, 7) is 2.68. The minimum atomic E-state index is -0.569. The largest absolute Gasteiger partial charge is 0.322 e. The number of anilines is 2. The van der Waals surface area contributed by atoms with Gasteiger partial charge in [0, 0.05) is 36.5 Å². The maximum atomic E-state index is 12.5. The first kappa shape index (κ1) is 18.8. The molecule has 0 atom stereocenters. The normalized spacial score (nSPS) is 13.3. The van der Waals surface area contributed by atoms with Crippen molar-refractivity contribution in [1.82, 2.24) is 0 Å². The zero-order valence-electron chi connectivity index (χ0n) is 14.7. The van der Waals surface area contributed by atoms with Gasteiger partial charge in [0.2, 0.25) is 5.91 Å². The Kier molecular flexibility index (Phi) is 5.41. The van der Waals surface area contributed by atoms with Gasteiger partial charge < -0.3 is 10.2 Å². The number of nitrogens with zero attached hydrogens (tertiary/aromatic N) is 2. The monoisotopic (exact) mass is 387 g/mol. The second kappa shape index (κ2) is 7.75. The number of carbonyl (C=O) groups is 2. The quantitative estimate of drug-likeness (QED) is 0.615. The Labute approximate surface area is 161 Å². The number of nitro benzene ring substituents is 1. The third kappa shape index (κ3) is 3.93. The Balaban J connectivity index is 1.81. The van der Waals surface area contributed by atoms with E-state index in [4.69, 9.17) is 11.6 Å². The molecule has 1 aliphatic heterocycles. The lowest BCUT2D eigenvalue weighted by atomic mass is 10.00. The van der Waals surface area contributed by atoms with Crippen LogP contribution in [0.1, 0.15) is 35.7 Å². The third-order valence-corrected chi connectivity index (χ3v) is 4.71. The molecular weight excluding hydrogens is 370 g/mol. The Hall–Kier alpha value is -2.93. The number of fused-ring (bicyclic) bond motifs is 1. The summed E-state index contributed by atoms with van der Waals surface area (Å²) < 4.78 is 0. The zero-order valence-corrected chi connectivity index (χ0v) is 15.5. The average Bonchev–Trinajstić information content (AvgIpc) is 2.64. The Morgan fingerprint density at radius 1 is 1.26 bits per heavy atom. The van der Waals surface area contributed by atoms with Gasteiger partial charge in [-0.3, -0.25) is 19.7 Å². The van der Waals surface area contributed by atoms with Crippen LogP contribution in [0.15, 0.2) is 36.4 Å². The summed E-state index contributed by atoms with van der Waals surface area (Å²) in [6.07, 6.45) is 1.93. The molecule has 8 heteroatoms. The molecule has 0 radical (unpaired) electrons. The van der Waals surface area contributed by atoms with Crippen LogP contribution in [0, 0.1) is 10.1 Å². The summed E-state index contributed by atoms with van der Waals surface area (Å²) in [5, 5.41) is 13.5. The molecule has 1 N–H and O–H groups in total. The molecule has 0 saturated carbocycles. The van der Waals surface area contributed by atoms with Crippen LogP contribution < -0.4 is 10.2 Å². The number of non-ortho nitro benzene ring substituents is 1. The Bertz CT molecular complexity index is 929. The Morgan fingerprint density at radius 2 is 2.04 bits per heavy atom. The van der Waals surface area contributed by atoms with Crippen molar-refractivity contribution in [2.75, 3.05) is 16.8 Å². The fraction of sp³-hybridized carbons (Fsp3) is 0.263. The lowest BCUT2D eigenvalue weighted by Gasteiger charge is -2.29. The molecule has 0 saturated heterocycles. The van der Waals surface area contributed by atoms with Crippen LogP contribution in [-0.4, -0.2) is 23.3 Å².